The highest BCUT2D eigenvalue weighted by atomic mass is 35.5. The molecule has 2 aromatic rings. The fraction of sp³-hybridized carbons (Fsp3) is 0.364. The first kappa shape index (κ1) is 15.9. The third-order valence-corrected chi connectivity index (χ3v) is 3.79. The van der Waals surface area contributed by atoms with Crippen molar-refractivity contribution in [2.45, 2.75) is 11.3 Å². The van der Waals surface area contributed by atoms with Crippen molar-refractivity contribution < 1.29 is 18.0 Å². The Morgan fingerprint density at radius 3 is 2.67 bits per heavy atom. The van der Waals surface area contributed by atoms with Gasteiger partial charge in [0.1, 0.15) is 0 Å². The molecule has 0 aliphatic rings. The zero-order valence-electron chi connectivity index (χ0n) is 11.0. The predicted octanol–water partition coefficient (Wildman–Crippen LogP) is 2.58. The van der Waals surface area contributed by atoms with Crippen molar-refractivity contribution in [1.29, 1.82) is 0 Å². The second kappa shape index (κ2) is 5.72. The Bertz CT molecular complexity index is 686. The van der Waals surface area contributed by atoms with Crippen LogP contribution in [0.4, 0.5) is 13.2 Å². The number of carbonyl (C=O) groups excluding carboxylic acids is 1. The van der Waals surface area contributed by atoms with Gasteiger partial charge in [0.25, 0.3) is 0 Å². The summed E-state index contributed by atoms with van der Waals surface area (Å²) in [5.74, 6) is -0.142. The van der Waals surface area contributed by atoms with Crippen LogP contribution >= 0.6 is 23.4 Å². The maximum absolute atomic E-state index is 12.8. The highest BCUT2D eigenvalue weighted by Gasteiger charge is 2.32. The van der Waals surface area contributed by atoms with E-state index in [0.29, 0.717) is 0 Å². The fourth-order valence-corrected chi connectivity index (χ4v) is 2.58. The molecule has 2 aromatic heterocycles. The van der Waals surface area contributed by atoms with Crippen molar-refractivity contribution in [2.24, 2.45) is 0 Å². The molecule has 1 amide bonds. The molecule has 10 heteroatoms. The maximum atomic E-state index is 12.8. The van der Waals surface area contributed by atoms with Gasteiger partial charge >= 0.3 is 6.18 Å². The number of carbonyl (C=O) groups is 1. The van der Waals surface area contributed by atoms with Crippen molar-refractivity contribution in [3.8, 4) is 0 Å². The molecule has 0 N–H and O–H groups in total. The van der Waals surface area contributed by atoms with E-state index >= 15 is 0 Å². The molecule has 0 saturated carbocycles. The zero-order chi connectivity index (χ0) is 15.8. The molecule has 0 spiro atoms. The maximum Gasteiger partial charge on any atom is 0.417 e. The van der Waals surface area contributed by atoms with Gasteiger partial charge in [-0.05, 0) is 6.07 Å². The third-order valence-electron chi connectivity index (χ3n) is 2.58. The topological polar surface area (TPSA) is 50.5 Å². The highest BCUT2D eigenvalue weighted by Crippen LogP contribution is 2.33. The minimum Gasteiger partial charge on any atom is -0.348 e. The minimum absolute atomic E-state index is 0.0433. The van der Waals surface area contributed by atoms with Crippen LogP contribution in [0.3, 0.4) is 0 Å². The Balaban J connectivity index is 2.38. The second-order valence-corrected chi connectivity index (χ2v) is 5.68. The first-order valence-corrected chi connectivity index (χ1v) is 7.01. The molecule has 114 valence electrons. The van der Waals surface area contributed by atoms with Crippen LogP contribution in [0, 0.1) is 0 Å². The average molecular weight is 339 g/mol. The lowest BCUT2D eigenvalue weighted by molar-refractivity contribution is -0.137. The molecule has 0 aliphatic carbocycles. The van der Waals surface area contributed by atoms with Crippen LogP contribution in [0.2, 0.25) is 5.02 Å². The number of fused-ring (bicyclic) bond motifs is 1. The van der Waals surface area contributed by atoms with E-state index in [2.05, 4.69) is 10.2 Å². The first-order chi connectivity index (χ1) is 9.70. The summed E-state index contributed by atoms with van der Waals surface area (Å²) >= 11 is 6.78. The summed E-state index contributed by atoms with van der Waals surface area (Å²) in [7, 11) is 3.17. The first-order valence-electron chi connectivity index (χ1n) is 5.64. The Morgan fingerprint density at radius 2 is 2.10 bits per heavy atom. The summed E-state index contributed by atoms with van der Waals surface area (Å²) in [5, 5.41) is 7.52. The van der Waals surface area contributed by atoms with Gasteiger partial charge in [-0.1, -0.05) is 23.4 Å². The van der Waals surface area contributed by atoms with Crippen LogP contribution in [0.1, 0.15) is 5.56 Å². The van der Waals surface area contributed by atoms with Crippen molar-refractivity contribution in [3.63, 3.8) is 0 Å². The molecule has 21 heavy (non-hydrogen) atoms. The number of pyridine rings is 1. The molecule has 0 aromatic carbocycles. The van der Waals surface area contributed by atoms with Crippen LogP contribution in [0.5, 0.6) is 0 Å². The zero-order valence-corrected chi connectivity index (χ0v) is 12.6. The molecule has 0 unspecified atom stereocenters. The Labute approximate surface area is 127 Å². The van der Waals surface area contributed by atoms with Crippen molar-refractivity contribution >= 4 is 34.9 Å². The molecular formula is C11H10ClF3N4OS. The Kier molecular flexibility index (Phi) is 4.33. The third kappa shape index (κ3) is 3.41. The van der Waals surface area contributed by atoms with E-state index in [1.807, 2.05) is 0 Å². The van der Waals surface area contributed by atoms with E-state index in [-0.39, 0.29) is 27.5 Å². The van der Waals surface area contributed by atoms with Crippen molar-refractivity contribution in [3.05, 3.63) is 22.8 Å². The lowest BCUT2D eigenvalue weighted by Crippen LogP contribution is -2.23. The molecule has 0 bridgehead atoms. The van der Waals surface area contributed by atoms with Gasteiger partial charge in [-0.2, -0.15) is 13.2 Å². The number of hydrogen-bond acceptors (Lipinski definition) is 4. The monoisotopic (exact) mass is 338 g/mol. The SMILES string of the molecule is CN(C)C(=O)CSc1nnc2c(Cl)cc(C(F)(F)F)cn12. The predicted molar refractivity (Wildman–Crippen MR) is 72.4 cm³/mol. The number of amides is 1. The van der Waals surface area contributed by atoms with Gasteiger partial charge in [0.2, 0.25) is 5.91 Å². The van der Waals surface area contributed by atoms with Gasteiger partial charge in [-0.15, -0.1) is 10.2 Å². The van der Waals surface area contributed by atoms with Crippen LogP contribution in [0.25, 0.3) is 5.65 Å². The Hall–Kier alpha value is -1.48. The quantitative estimate of drug-likeness (QED) is 0.807. The summed E-state index contributed by atoms with van der Waals surface area (Å²) in [6.07, 6.45) is -3.66. The summed E-state index contributed by atoms with van der Waals surface area (Å²) in [4.78, 5) is 12.9. The number of hydrogen-bond donors (Lipinski definition) is 0. The van der Waals surface area contributed by atoms with E-state index < -0.39 is 11.7 Å². The van der Waals surface area contributed by atoms with Gasteiger partial charge < -0.3 is 4.90 Å². The van der Waals surface area contributed by atoms with Gasteiger partial charge in [-0.25, -0.2) is 0 Å². The van der Waals surface area contributed by atoms with Gasteiger partial charge in [0, 0.05) is 20.3 Å². The Morgan fingerprint density at radius 1 is 1.43 bits per heavy atom. The van der Waals surface area contributed by atoms with E-state index in [1.165, 1.54) is 4.90 Å². The molecule has 0 aliphatic heterocycles. The number of rotatable bonds is 3. The lowest BCUT2D eigenvalue weighted by atomic mass is 10.3. The van der Waals surface area contributed by atoms with Crippen LogP contribution in [0.15, 0.2) is 17.4 Å². The molecule has 0 fully saturated rings. The van der Waals surface area contributed by atoms with Gasteiger partial charge in [0.05, 0.1) is 16.3 Å². The number of alkyl halides is 3. The summed E-state index contributed by atoms with van der Waals surface area (Å²) < 4.78 is 39.5. The molecule has 0 saturated heterocycles. The molecular weight excluding hydrogens is 329 g/mol. The van der Waals surface area contributed by atoms with Crippen molar-refractivity contribution in [2.75, 3.05) is 19.8 Å². The van der Waals surface area contributed by atoms with E-state index in [1.54, 1.807) is 14.1 Å². The number of nitrogens with zero attached hydrogens (tertiary/aromatic N) is 4. The van der Waals surface area contributed by atoms with Crippen molar-refractivity contribution in [1.82, 2.24) is 19.5 Å². The van der Waals surface area contributed by atoms with Gasteiger partial charge in [-0.3, -0.25) is 9.20 Å². The van der Waals surface area contributed by atoms with E-state index in [0.717, 1.165) is 28.4 Å². The standard InChI is InChI=1S/C11H10ClF3N4OS/c1-18(2)8(20)5-21-10-17-16-9-7(12)3-6(4-19(9)10)11(13,14)15/h3-4H,5H2,1-2H3. The van der Waals surface area contributed by atoms with Crippen LogP contribution < -0.4 is 0 Å². The van der Waals surface area contributed by atoms with E-state index in [9.17, 15) is 18.0 Å². The summed E-state index contributed by atoms with van der Waals surface area (Å²) in [5.41, 5.74) is -0.787. The number of thioether (sulfide) groups is 1. The number of aromatic nitrogens is 3. The van der Waals surface area contributed by atoms with E-state index in [4.69, 9.17) is 11.6 Å². The summed E-state index contributed by atoms with van der Waals surface area (Å²) in [6, 6.07) is 0.797. The lowest BCUT2D eigenvalue weighted by Gasteiger charge is -2.10. The molecule has 5 nitrogen and oxygen atoms in total. The normalized spacial score (nSPS) is 11.9. The molecule has 0 atom stereocenters. The van der Waals surface area contributed by atoms with Gasteiger partial charge in [0.15, 0.2) is 10.8 Å². The number of halogens is 4. The summed E-state index contributed by atoms with van der Waals surface area (Å²) in [6.45, 7) is 0. The van der Waals surface area contributed by atoms with Crippen LogP contribution in [-0.4, -0.2) is 45.3 Å². The molecule has 2 heterocycles. The average Bonchev–Trinajstić information content (AvgIpc) is 2.78. The largest absolute Gasteiger partial charge is 0.417 e. The molecule has 2 rings (SSSR count). The molecule has 0 radical (unpaired) electrons. The fourth-order valence-electron chi connectivity index (χ4n) is 1.44. The smallest absolute Gasteiger partial charge is 0.348 e. The second-order valence-electron chi connectivity index (χ2n) is 4.33. The van der Waals surface area contributed by atoms with Crippen LogP contribution in [-0.2, 0) is 11.0 Å². The minimum atomic E-state index is -4.52. The highest BCUT2D eigenvalue weighted by molar-refractivity contribution is 7.99.